The Kier molecular flexibility index (Phi) is 3.52. The molecule has 2 rings (SSSR count). The lowest BCUT2D eigenvalue weighted by molar-refractivity contribution is 0.0968. The summed E-state index contributed by atoms with van der Waals surface area (Å²) in [5.74, 6) is -0.165. The Bertz CT molecular complexity index is 534. The number of nitrogens with one attached hydrogen (secondary N) is 3. The fourth-order valence-corrected chi connectivity index (χ4v) is 2.57. The number of aromatic amines is 1. The Morgan fingerprint density at radius 2 is 2.39 bits per heavy atom. The van der Waals surface area contributed by atoms with Crippen LogP contribution in [0.2, 0.25) is 0 Å². The highest BCUT2D eigenvalue weighted by molar-refractivity contribution is 7.18. The zero-order valence-corrected chi connectivity index (χ0v) is 11.0. The Balaban J connectivity index is 2.13. The molecular weight excluding hydrogens is 250 g/mol. The van der Waals surface area contributed by atoms with Gasteiger partial charge in [0.05, 0.1) is 22.9 Å². The molecule has 0 saturated heterocycles. The van der Waals surface area contributed by atoms with Gasteiger partial charge in [-0.3, -0.25) is 9.89 Å². The molecule has 2 aromatic rings. The molecular formula is C11H15N5OS. The van der Waals surface area contributed by atoms with Crippen LogP contribution in [0.3, 0.4) is 0 Å². The number of nitrogens with two attached hydrogens (primary N) is 1. The molecule has 0 aliphatic carbocycles. The third-order valence-electron chi connectivity index (χ3n) is 2.57. The van der Waals surface area contributed by atoms with Gasteiger partial charge in [0.1, 0.15) is 4.88 Å². The standard InChI is InChI=1S/C11H15N5OS/c1-6(7-4-14-15-5-7)16-9-3-8(12)10(18-9)11(17)13-2/h3-6,16H,12H2,1-2H3,(H,13,17)(H,14,15). The quantitative estimate of drug-likeness (QED) is 0.675. The molecule has 0 radical (unpaired) electrons. The van der Waals surface area contributed by atoms with Crippen LogP contribution < -0.4 is 16.4 Å². The molecule has 96 valence electrons. The zero-order valence-electron chi connectivity index (χ0n) is 10.2. The molecule has 1 atom stereocenters. The molecule has 18 heavy (non-hydrogen) atoms. The number of H-pyrrole nitrogens is 1. The molecule has 5 N–H and O–H groups in total. The fraction of sp³-hybridized carbons (Fsp3) is 0.273. The summed E-state index contributed by atoms with van der Waals surface area (Å²) in [6.45, 7) is 2.01. The molecule has 0 aliphatic heterocycles. The van der Waals surface area contributed by atoms with Gasteiger partial charge in [0, 0.05) is 18.8 Å². The highest BCUT2D eigenvalue weighted by atomic mass is 32.1. The average Bonchev–Trinajstić information content (AvgIpc) is 2.97. The summed E-state index contributed by atoms with van der Waals surface area (Å²) >= 11 is 1.34. The number of nitrogen functional groups attached to an aromatic ring is 1. The van der Waals surface area contributed by atoms with Crippen molar-refractivity contribution in [3.8, 4) is 0 Å². The number of nitrogens with zero attached hydrogens (tertiary/aromatic N) is 1. The second-order valence-electron chi connectivity index (χ2n) is 3.87. The van der Waals surface area contributed by atoms with Gasteiger partial charge in [0.2, 0.25) is 0 Å². The number of hydrogen-bond donors (Lipinski definition) is 4. The van der Waals surface area contributed by atoms with E-state index >= 15 is 0 Å². The summed E-state index contributed by atoms with van der Waals surface area (Å²) in [5.41, 5.74) is 7.34. The van der Waals surface area contributed by atoms with E-state index in [-0.39, 0.29) is 11.9 Å². The van der Waals surface area contributed by atoms with E-state index in [1.165, 1.54) is 11.3 Å². The molecule has 2 aromatic heterocycles. The van der Waals surface area contributed by atoms with Crippen molar-refractivity contribution in [3.63, 3.8) is 0 Å². The predicted octanol–water partition coefficient (Wildman–Crippen LogP) is 1.59. The molecule has 1 amide bonds. The van der Waals surface area contributed by atoms with Gasteiger partial charge < -0.3 is 16.4 Å². The molecule has 0 bridgehead atoms. The van der Waals surface area contributed by atoms with Crippen molar-refractivity contribution in [1.82, 2.24) is 15.5 Å². The van der Waals surface area contributed by atoms with Gasteiger partial charge in [-0.25, -0.2) is 0 Å². The summed E-state index contributed by atoms with van der Waals surface area (Å²) in [4.78, 5) is 12.1. The topological polar surface area (TPSA) is 95.8 Å². The number of thiophene rings is 1. The first kappa shape index (κ1) is 12.4. The Morgan fingerprint density at radius 3 is 3.00 bits per heavy atom. The van der Waals surface area contributed by atoms with Crippen LogP contribution in [0.25, 0.3) is 0 Å². The predicted molar refractivity (Wildman–Crippen MR) is 72.7 cm³/mol. The van der Waals surface area contributed by atoms with Crippen LogP contribution in [-0.4, -0.2) is 23.2 Å². The van der Waals surface area contributed by atoms with E-state index in [1.807, 2.05) is 13.1 Å². The van der Waals surface area contributed by atoms with Gasteiger partial charge in [0.15, 0.2) is 0 Å². The molecule has 7 heteroatoms. The highest BCUT2D eigenvalue weighted by Gasteiger charge is 2.14. The van der Waals surface area contributed by atoms with Crippen LogP contribution in [0, 0.1) is 0 Å². The van der Waals surface area contributed by atoms with Crippen LogP contribution in [-0.2, 0) is 0 Å². The van der Waals surface area contributed by atoms with Crippen molar-refractivity contribution in [1.29, 1.82) is 0 Å². The summed E-state index contributed by atoms with van der Waals surface area (Å²) < 4.78 is 0. The van der Waals surface area contributed by atoms with E-state index in [1.54, 1.807) is 19.3 Å². The van der Waals surface area contributed by atoms with Crippen LogP contribution >= 0.6 is 11.3 Å². The minimum Gasteiger partial charge on any atom is -0.397 e. The summed E-state index contributed by atoms with van der Waals surface area (Å²) in [6.07, 6.45) is 3.59. The molecule has 0 spiro atoms. The third kappa shape index (κ3) is 2.45. The molecule has 2 heterocycles. The first-order valence-electron chi connectivity index (χ1n) is 5.48. The number of aromatic nitrogens is 2. The van der Waals surface area contributed by atoms with Crippen LogP contribution in [0.15, 0.2) is 18.5 Å². The molecule has 6 nitrogen and oxygen atoms in total. The first-order valence-corrected chi connectivity index (χ1v) is 6.30. The Labute approximate surface area is 109 Å². The number of anilines is 2. The maximum absolute atomic E-state index is 11.5. The van der Waals surface area contributed by atoms with Gasteiger partial charge in [-0.2, -0.15) is 5.10 Å². The van der Waals surface area contributed by atoms with E-state index in [2.05, 4.69) is 20.8 Å². The maximum Gasteiger partial charge on any atom is 0.263 e. The van der Waals surface area contributed by atoms with Crippen LogP contribution in [0.4, 0.5) is 10.7 Å². The monoisotopic (exact) mass is 265 g/mol. The minimum atomic E-state index is -0.165. The molecule has 0 fully saturated rings. The molecule has 0 aliphatic rings. The smallest absolute Gasteiger partial charge is 0.263 e. The van der Waals surface area contributed by atoms with E-state index in [4.69, 9.17) is 5.73 Å². The Morgan fingerprint density at radius 1 is 1.61 bits per heavy atom. The fourth-order valence-electron chi connectivity index (χ4n) is 1.56. The lowest BCUT2D eigenvalue weighted by Crippen LogP contribution is -2.17. The lowest BCUT2D eigenvalue weighted by Gasteiger charge is -2.10. The second-order valence-corrected chi connectivity index (χ2v) is 4.92. The van der Waals surface area contributed by atoms with Crippen molar-refractivity contribution in [2.45, 2.75) is 13.0 Å². The second kappa shape index (κ2) is 5.09. The van der Waals surface area contributed by atoms with Crippen LogP contribution in [0.1, 0.15) is 28.2 Å². The van der Waals surface area contributed by atoms with E-state index in [0.29, 0.717) is 10.6 Å². The van der Waals surface area contributed by atoms with E-state index in [9.17, 15) is 4.79 Å². The summed E-state index contributed by atoms with van der Waals surface area (Å²) in [7, 11) is 1.59. The number of carbonyl (C=O) groups excluding carboxylic acids is 1. The highest BCUT2D eigenvalue weighted by Crippen LogP contribution is 2.31. The number of carbonyl (C=O) groups is 1. The van der Waals surface area contributed by atoms with Crippen molar-refractivity contribution >= 4 is 27.9 Å². The van der Waals surface area contributed by atoms with Gasteiger partial charge in [0.25, 0.3) is 5.91 Å². The number of amides is 1. The normalized spacial score (nSPS) is 12.1. The van der Waals surface area contributed by atoms with Gasteiger partial charge in [-0.1, -0.05) is 0 Å². The van der Waals surface area contributed by atoms with Crippen molar-refractivity contribution in [2.24, 2.45) is 0 Å². The van der Waals surface area contributed by atoms with E-state index in [0.717, 1.165) is 10.6 Å². The largest absolute Gasteiger partial charge is 0.397 e. The third-order valence-corrected chi connectivity index (χ3v) is 3.65. The molecule has 0 saturated carbocycles. The first-order chi connectivity index (χ1) is 8.61. The minimum absolute atomic E-state index is 0.0966. The van der Waals surface area contributed by atoms with Gasteiger partial charge in [-0.15, -0.1) is 11.3 Å². The summed E-state index contributed by atoms with van der Waals surface area (Å²) in [6, 6.07) is 1.87. The van der Waals surface area contributed by atoms with Crippen LogP contribution in [0.5, 0.6) is 0 Å². The lowest BCUT2D eigenvalue weighted by atomic mass is 10.2. The zero-order chi connectivity index (χ0) is 13.1. The number of rotatable bonds is 4. The van der Waals surface area contributed by atoms with Crippen molar-refractivity contribution < 1.29 is 4.79 Å². The molecule has 0 aromatic carbocycles. The van der Waals surface area contributed by atoms with Gasteiger partial charge >= 0.3 is 0 Å². The maximum atomic E-state index is 11.5. The summed E-state index contributed by atoms with van der Waals surface area (Å²) in [5, 5.41) is 13.4. The van der Waals surface area contributed by atoms with Crippen molar-refractivity contribution in [3.05, 3.63) is 28.9 Å². The SMILES string of the molecule is CNC(=O)c1sc(NC(C)c2cn[nH]c2)cc1N. The van der Waals surface area contributed by atoms with Crippen molar-refractivity contribution in [2.75, 3.05) is 18.1 Å². The van der Waals surface area contributed by atoms with E-state index < -0.39 is 0 Å². The Hall–Kier alpha value is -2.02. The van der Waals surface area contributed by atoms with Gasteiger partial charge in [-0.05, 0) is 13.0 Å². The average molecular weight is 265 g/mol. The molecule has 1 unspecified atom stereocenters. The number of hydrogen-bond acceptors (Lipinski definition) is 5.